The van der Waals surface area contributed by atoms with Gasteiger partial charge in [-0.25, -0.2) is 0 Å². The zero-order valence-electron chi connectivity index (χ0n) is 15.3. The fourth-order valence-corrected chi connectivity index (χ4v) is 3.39. The smallest absolute Gasteiger partial charge is 0.310 e. The topological polar surface area (TPSA) is 114 Å². The lowest BCUT2D eigenvalue weighted by Gasteiger charge is -2.32. The van der Waals surface area contributed by atoms with E-state index in [0.29, 0.717) is 12.8 Å². The fourth-order valence-electron chi connectivity index (χ4n) is 3.39. The third-order valence-electron chi connectivity index (χ3n) is 4.85. The number of likely N-dealkylation sites (N-methyl/N-ethyl adjacent to an activating group) is 1. The molecule has 5 atom stereocenters. The molecule has 8 nitrogen and oxygen atoms in total. The largest absolute Gasteiger partial charge is 0.462 e. The zero-order chi connectivity index (χ0) is 18.9. The number of carbonyl (C=O) groups is 4. The Morgan fingerprint density at radius 1 is 1.12 bits per heavy atom. The Bertz CT molecular complexity index is 583. The molecule has 0 radical (unpaired) electrons. The molecular formula is C17H27N3O5. The molecule has 2 rings (SSSR count). The van der Waals surface area contributed by atoms with Crippen molar-refractivity contribution >= 4 is 23.7 Å². The number of ether oxygens (including phenoxy) is 1. The number of rotatable bonds is 5. The zero-order valence-corrected chi connectivity index (χ0v) is 15.3. The van der Waals surface area contributed by atoms with E-state index in [2.05, 4.69) is 16.0 Å². The van der Waals surface area contributed by atoms with Gasteiger partial charge in [-0.2, -0.15) is 0 Å². The number of fused-ring (bicyclic) bond motifs is 2. The van der Waals surface area contributed by atoms with Crippen LogP contribution in [-0.4, -0.2) is 48.9 Å². The van der Waals surface area contributed by atoms with E-state index >= 15 is 0 Å². The van der Waals surface area contributed by atoms with E-state index in [-0.39, 0.29) is 23.9 Å². The number of amides is 3. The lowest BCUT2D eigenvalue weighted by molar-refractivity contribution is -0.154. The van der Waals surface area contributed by atoms with Crippen molar-refractivity contribution < 1.29 is 23.9 Å². The minimum absolute atomic E-state index is 0.191. The van der Waals surface area contributed by atoms with Crippen molar-refractivity contribution in [3.63, 3.8) is 0 Å². The molecule has 3 amide bonds. The van der Waals surface area contributed by atoms with Crippen LogP contribution in [0.5, 0.6) is 0 Å². The molecule has 1 aliphatic carbocycles. The highest BCUT2D eigenvalue weighted by Crippen LogP contribution is 2.41. The summed E-state index contributed by atoms with van der Waals surface area (Å²) in [6, 6.07) is -1.53. The molecule has 0 aromatic heterocycles. The predicted octanol–water partition coefficient (Wildman–Crippen LogP) is -0.280. The first-order valence-electron chi connectivity index (χ1n) is 8.57. The van der Waals surface area contributed by atoms with Crippen LogP contribution in [0.3, 0.4) is 0 Å². The van der Waals surface area contributed by atoms with E-state index in [1.807, 2.05) is 20.8 Å². The Morgan fingerprint density at radius 3 is 2.24 bits per heavy atom. The number of carbonyl (C=O) groups excluding carboxylic acids is 4. The first-order chi connectivity index (χ1) is 11.5. The van der Waals surface area contributed by atoms with Crippen LogP contribution in [0, 0.1) is 17.3 Å². The summed E-state index contributed by atoms with van der Waals surface area (Å²) in [7, 11) is 1.49. The van der Waals surface area contributed by atoms with Crippen LogP contribution in [0.4, 0.5) is 0 Å². The Labute approximate surface area is 147 Å². The number of nitrogens with one attached hydrogen (secondary N) is 3. The average molecular weight is 353 g/mol. The average Bonchev–Trinajstić information content (AvgIpc) is 3.09. The van der Waals surface area contributed by atoms with Gasteiger partial charge in [0.1, 0.15) is 18.2 Å². The lowest BCUT2D eigenvalue weighted by atomic mass is 9.85. The SMILES string of the molecule is CNC(=O)[C@H](C)NC(=O)[C@@H](NC(=O)C1CC2CC1C(=O)O2)C(C)(C)C. The molecule has 2 bridgehead atoms. The summed E-state index contributed by atoms with van der Waals surface area (Å²) in [5.74, 6) is -2.27. The van der Waals surface area contributed by atoms with Gasteiger partial charge < -0.3 is 20.7 Å². The molecule has 2 aliphatic rings. The Hall–Kier alpha value is -2.12. The van der Waals surface area contributed by atoms with Crippen LogP contribution in [-0.2, 0) is 23.9 Å². The fraction of sp³-hybridized carbons (Fsp3) is 0.765. The molecule has 140 valence electrons. The highest BCUT2D eigenvalue weighted by Gasteiger charge is 2.51. The van der Waals surface area contributed by atoms with E-state index in [4.69, 9.17) is 4.74 Å². The van der Waals surface area contributed by atoms with E-state index in [9.17, 15) is 19.2 Å². The van der Waals surface area contributed by atoms with Crippen LogP contribution in [0.2, 0.25) is 0 Å². The summed E-state index contributed by atoms with van der Waals surface area (Å²) in [4.78, 5) is 48.5. The Kier molecular flexibility index (Phi) is 5.39. The van der Waals surface area contributed by atoms with Gasteiger partial charge in [-0.05, 0) is 25.2 Å². The lowest BCUT2D eigenvalue weighted by Crippen LogP contribution is -2.58. The molecule has 1 aliphatic heterocycles. The minimum atomic E-state index is -0.817. The van der Waals surface area contributed by atoms with E-state index in [1.54, 1.807) is 6.92 Å². The third-order valence-corrected chi connectivity index (χ3v) is 4.85. The standard InChI is InChI=1S/C17H27N3O5/c1-8(13(21)18-5)19-15(23)12(17(2,3)4)20-14(22)10-6-9-7-11(10)16(24)25-9/h8-12H,6-7H2,1-5H3,(H,18,21)(H,19,23)(H,20,22)/t8-,9?,10?,11?,12+/m0/s1. The summed E-state index contributed by atoms with van der Waals surface area (Å²) in [6.45, 7) is 7.07. The van der Waals surface area contributed by atoms with Gasteiger partial charge in [0.25, 0.3) is 0 Å². The highest BCUT2D eigenvalue weighted by molar-refractivity contribution is 5.94. The molecule has 1 saturated carbocycles. The normalized spacial score (nSPS) is 27.2. The van der Waals surface area contributed by atoms with Crippen molar-refractivity contribution in [3.8, 4) is 0 Å². The maximum absolute atomic E-state index is 12.6. The third kappa shape index (κ3) is 4.11. The number of hydrogen-bond donors (Lipinski definition) is 3. The maximum Gasteiger partial charge on any atom is 0.310 e. The van der Waals surface area contributed by atoms with Crippen LogP contribution < -0.4 is 16.0 Å². The monoisotopic (exact) mass is 353 g/mol. The number of hydrogen-bond acceptors (Lipinski definition) is 5. The number of esters is 1. The van der Waals surface area contributed by atoms with Gasteiger partial charge in [0, 0.05) is 7.05 Å². The molecule has 2 fully saturated rings. The molecule has 0 aromatic rings. The van der Waals surface area contributed by atoms with Gasteiger partial charge in [-0.3, -0.25) is 19.2 Å². The van der Waals surface area contributed by atoms with Gasteiger partial charge in [0.2, 0.25) is 17.7 Å². The second-order valence-electron chi connectivity index (χ2n) is 7.90. The van der Waals surface area contributed by atoms with Gasteiger partial charge >= 0.3 is 5.97 Å². The Balaban J connectivity index is 2.05. The predicted molar refractivity (Wildman–Crippen MR) is 89.2 cm³/mol. The molecule has 1 saturated heterocycles. The second-order valence-corrected chi connectivity index (χ2v) is 7.90. The van der Waals surface area contributed by atoms with Crippen molar-refractivity contribution in [1.29, 1.82) is 0 Å². The van der Waals surface area contributed by atoms with Crippen LogP contribution in [0.15, 0.2) is 0 Å². The van der Waals surface area contributed by atoms with Gasteiger partial charge in [0.05, 0.1) is 11.8 Å². The van der Waals surface area contributed by atoms with Crippen molar-refractivity contribution in [2.45, 2.75) is 58.7 Å². The second kappa shape index (κ2) is 7.01. The Morgan fingerprint density at radius 2 is 1.76 bits per heavy atom. The van der Waals surface area contributed by atoms with Crippen molar-refractivity contribution in [2.75, 3.05) is 7.05 Å². The first-order valence-corrected chi connectivity index (χ1v) is 8.57. The molecule has 0 spiro atoms. The first kappa shape index (κ1) is 19.2. The summed E-state index contributed by atoms with van der Waals surface area (Å²) in [5, 5.41) is 7.86. The minimum Gasteiger partial charge on any atom is -0.462 e. The van der Waals surface area contributed by atoms with Gasteiger partial charge in [-0.1, -0.05) is 20.8 Å². The quantitative estimate of drug-likeness (QED) is 0.588. The van der Waals surface area contributed by atoms with Crippen LogP contribution in [0.1, 0.15) is 40.5 Å². The van der Waals surface area contributed by atoms with E-state index < -0.39 is 35.2 Å². The molecule has 0 aromatic carbocycles. The maximum atomic E-state index is 12.6. The molecule has 3 N–H and O–H groups in total. The summed E-state index contributed by atoms with van der Waals surface area (Å²) in [5.41, 5.74) is -0.555. The molecule has 3 unspecified atom stereocenters. The van der Waals surface area contributed by atoms with Crippen molar-refractivity contribution in [3.05, 3.63) is 0 Å². The molecule has 25 heavy (non-hydrogen) atoms. The summed E-state index contributed by atoms with van der Waals surface area (Å²) in [6.07, 6.45) is 0.871. The molecular weight excluding hydrogens is 326 g/mol. The van der Waals surface area contributed by atoms with Crippen molar-refractivity contribution in [2.24, 2.45) is 17.3 Å². The van der Waals surface area contributed by atoms with Crippen LogP contribution >= 0.6 is 0 Å². The van der Waals surface area contributed by atoms with Gasteiger partial charge in [-0.15, -0.1) is 0 Å². The van der Waals surface area contributed by atoms with E-state index in [0.717, 1.165) is 0 Å². The van der Waals surface area contributed by atoms with Crippen LogP contribution in [0.25, 0.3) is 0 Å². The van der Waals surface area contributed by atoms with Crippen molar-refractivity contribution in [1.82, 2.24) is 16.0 Å². The van der Waals surface area contributed by atoms with E-state index in [1.165, 1.54) is 7.05 Å². The van der Waals surface area contributed by atoms with Gasteiger partial charge in [0.15, 0.2) is 0 Å². The summed E-state index contributed by atoms with van der Waals surface area (Å²) >= 11 is 0. The molecule has 8 heteroatoms. The highest BCUT2D eigenvalue weighted by atomic mass is 16.6. The summed E-state index contributed by atoms with van der Waals surface area (Å²) < 4.78 is 5.11. The molecule has 1 heterocycles.